The molecule has 0 unspecified atom stereocenters. The molecule has 0 N–H and O–H groups in total. The van der Waals surface area contributed by atoms with Crippen LogP contribution in [0.3, 0.4) is 0 Å². The van der Waals surface area contributed by atoms with Crippen LogP contribution in [0, 0.1) is 0 Å². The zero-order valence-corrected chi connectivity index (χ0v) is 11.0. The van der Waals surface area contributed by atoms with E-state index in [0.717, 1.165) is 12.0 Å². The second-order valence-corrected chi connectivity index (χ2v) is 4.25. The summed E-state index contributed by atoms with van der Waals surface area (Å²) in [4.78, 5) is 10.9. The van der Waals surface area contributed by atoms with Crippen molar-refractivity contribution >= 4 is 17.9 Å². The number of aldehydes is 1. The SMILES string of the molecule is O=Cc1cc(Cl)ccc1OCCOc1ccccc1. The first-order chi connectivity index (χ1) is 9.29. The van der Waals surface area contributed by atoms with Gasteiger partial charge in [0.2, 0.25) is 0 Å². The summed E-state index contributed by atoms with van der Waals surface area (Å²) < 4.78 is 11.0. The van der Waals surface area contributed by atoms with Crippen LogP contribution in [-0.2, 0) is 0 Å². The van der Waals surface area contributed by atoms with Crippen molar-refractivity contribution in [3.8, 4) is 11.5 Å². The molecule has 0 aliphatic carbocycles. The van der Waals surface area contributed by atoms with E-state index in [9.17, 15) is 4.79 Å². The highest BCUT2D eigenvalue weighted by Gasteiger charge is 2.03. The molecule has 19 heavy (non-hydrogen) atoms. The number of ether oxygens (including phenoxy) is 2. The van der Waals surface area contributed by atoms with Crippen LogP contribution in [0.5, 0.6) is 11.5 Å². The summed E-state index contributed by atoms with van der Waals surface area (Å²) in [6.07, 6.45) is 0.721. The number of hydrogen-bond acceptors (Lipinski definition) is 3. The van der Waals surface area contributed by atoms with E-state index in [2.05, 4.69) is 0 Å². The number of rotatable bonds is 6. The van der Waals surface area contributed by atoms with Crippen molar-refractivity contribution in [2.75, 3.05) is 13.2 Å². The Bertz CT molecular complexity index is 540. The molecule has 2 aromatic carbocycles. The molecule has 98 valence electrons. The molecule has 2 rings (SSSR count). The molecule has 0 radical (unpaired) electrons. The lowest BCUT2D eigenvalue weighted by atomic mass is 10.2. The van der Waals surface area contributed by atoms with E-state index in [-0.39, 0.29) is 0 Å². The number of carbonyl (C=O) groups excluding carboxylic acids is 1. The normalized spacial score (nSPS) is 9.95. The van der Waals surface area contributed by atoms with E-state index in [1.54, 1.807) is 18.2 Å². The second-order valence-electron chi connectivity index (χ2n) is 3.81. The lowest BCUT2D eigenvalue weighted by molar-refractivity contribution is 0.111. The Morgan fingerprint density at radius 1 is 1.00 bits per heavy atom. The topological polar surface area (TPSA) is 35.5 Å². The van der Waals surface area contributed by atoms with Crippen LogP contribution in [0.25, 0.3) is 0 Å². The molecule has 0 heterocycles. The van der Waals surface area contributed by atoms with Gasteiger partial charge in [0, 0.05) is 5.02 Å². The van der Waals surface area contributed by atoms with Gasteiger partial charge in [-0.15, -0.1) is 0 Å². The van der Waals surface area contributed by atoms with E-state index in [4.69, 9.17) is 21.1 Å². The van der Waals surface area contributed by atoms with Crippen molar-refractivity contribution < 1.29 is 14.3 Å². The molecule has 0 atom stereocenters. The molecular weight excluding hydrogens is 264 g/mol. The average molecular weight is 277 g/mol. The fourth-order valence-corrected chi connectivity index (χ4v) is 1.75. The van der Waals surface area contributed by atoms with Gasteiger partial charge in [-0.25, -0.2) is 0 Å². The summed E-state index contributed by atoms with van der Waals surface area (Å²) >= 11 is 5.80. The van der Waals surface area contributed by atoms with Crippen LogP contribution in [-0.4, -0.2) is 19.5 Å². The van der Waals surface area contributed by atoms with Gasteiger partial charge in [0.1, 0.15) is 24.7 Å². The second kappa shape index (κ2) is 6.81. The van der Waals surface area contributed by atoms with Gasteiger partial charge < -0.3 is 9.47 Å². The summed E-state index contributed by atoms with van der Waals surface area (Å²) in [6, 6.07) is 14.4. The first kappa shape index (κ1) is 13.4. The third-order valence-corrected chi connectivity index (χ3v) is 2.69. The molecular formula is C15H13ClO3. The van der Waals surface area contributed by atoms with Crippen LogP contribution in [0.4, 0.5) is 0 Å². The number of carbonyl (C=O) groups is 1. The van der Waals surface area contributed by atoms with Gasteiger partial charge in [-0.05, 0) is 30.3 Å². The summed E-state index contributed by atoms with van der Waals surface area (Å²) in [6.45, 7) is 0.766. The van der Waals surface area contributed by atoms with Gasteiger partial charge >= 0.3 is 0 Å². The van der Waals surface area contributed by atoms with Crippen LogP contribution < -0.4 is 9.47 Å². The van der Waals surface area contributed by atoms with Gasteiger partial charge in [0.05, 0.1) is 5.56 Å². The molecule has 3 nitrogen and oxygen atoms in total. The molecule has 0 fully saturated rings. The lowest BCUT2D eigenvalue weighted by Gasteiger charge is -2.09. The average Bonchev–Trinajstić information content (AvgIpc) is 2.46. The summed E-state index contributed by atoms with van der Waals surface area (Å²) in [5, 5.41) is 0.509. The Hall–Kier alpha value is -2.00. The number of hydrogen-bond donors (Lipinski definition) is 0. The van der Waals surface area contributed by atoms with E-state index in [1.807, 2.05) is 30.3 Å². The summed E-state index contributed by atoms with van der Waals surface area (Å²) in [5.74, 6) is 1.30. The van der Waals surface area contributed by atoms with Crippen molar-refractivity contribution in [2.24, 2.45) is 0 Å². The first-order valence-corrected chi connectivity index (χ1v) is 6.23. The smallest absolute Gasteiger partial charge is 0.153 e. The third-order valence-electron chi connectivity index (χ3n) is 2.45. The van der Waals surface area contributed by atoms with Gasteiger partial charge in [-0.3, -0.25) is 4.79 Å². The van der Waals surface area contributed by atoms with E-state index < -0.39 is 0 Å². The molecule has 0 saturated heterocycles. The summed E-state index contributed by atoms with van der Waals surface area (Å²) in [7, 11) is 0. The van der Waals surface area contributed by atoms with Crippen molar-refractivity contribution in [3.63, 3.8) is 0 Å². The minimum absolute atomic E-state index is 0.358. The Balaban J connectivity index is 1.84. The lowest BCUT2D eigenvalue weighted by Crippen LogP contribution is -2.09. The van der Waals surface area contributed by atoms with Gasteiger partial charge in [0.25, 0.3) is 0 Å². The zero-order chi connectivity index (χ0) is 13.5. The number of para-hydroxylation sites is 1. The fraction of sp³-hybridized carbons (Fsp3) is 0.133. The molecule has 0 bridgehead atoms. The van der Waals surface area contributed by atoms with Crippen LogP contribution in [0.15, 0.2) is 48.5 Å². The maximum absolute atomic E-state index is 10.9. The van der Waals surface area contributed by atoms with Gasteiger partial charge in [-0.1, -0.05) is 29.8 Å². The quantitative estimate of drug-likeness (QED) is 0.597. The predicted molar refractivity (Wildman–Crippen MR) is 74.3 cm³/mol. The van der Waals surface area contributed by atoms with Crippen molar-refractivity contribution in [1.29, 1.82) is 0 Å². The molecule has 0 saturated carbocycles. The maximum atomic E-state index is 10.9. The van der Waals surface area contributed by atoms with Gasteiger partial charge in [-0.2, -0.15) is 0 Å². The Morgan fingerprint density at radius 2 is 1.74 bits per heavy atom. The highest BCUT2D eigenvalue weighted by molar-refractivity contribution is 6.30. The standard InChI is InChI=1S/C15H13ClO3/c16-13-6-7-15(12(10-13)11-17)19-9-8-18-14-4-2-1-3-5-14/h1-7,10-11H,8-9H2. The predicted octanol–water partition coefficient (Wildman–Crippen LogP) is 3.61. The molecule has 4 heteroatoms. The van der Waals surface area contributed by atoms with Crippen molar-refractivity contribution in [2.45, 2.75) is 0 Å². The molecule has 2 aromatic rings. The largest absolute Gasteiger partial charge is 0.490 e. The molecule has 0 aliphatic heterocycles. The van der Waals surface area contributed by atoms with Crippen molar-refractivity contribution in [1.82, 2.24) is 0 Å². The Kier molecular flexibility index (Phi) is 4.81. The number of halogens is 1. The molecule has 0 aromatic heterocycles. The third kappa shape index (κ3) is 4.00. The highest BCUT2D eigenvalue weighted by Crippen LogP contribution is 2.21. The van der Waals surface area contributed by atoms with Crippen LogP contribution in [0.1, 0.15) is 10.4 Å². The van der Waals surface area contributed by atoms with Gasteiger partial charge in [0.15, 0.2) is 6.29 Å². The Labute approximate surface area is 116 Å². The van der Waals surface area contributed by atoms with Crippen molar-refractivity contribution in [3.05, 3.63) is 59.1 Å². The zero-order valence-electron chi connectivity index (χ0n) is 10.2. The van der Waals surface area contributed by atoms with Crippen LogP contribution in [0.2, 0.25) is 5.02 Å². The highest BCUT2D eigenvalue weighted by atomic mass is 35.5. The first-order valence-electron chi connectivity index (χ1n) is 5.85. The summed E-state index contributed by atoms with van der Waals surface area (Å²) in [5.41, 5.74) is 0.437. The minimum atomic E-state index is 0.358. The molecule has 0 amide bonds. The number of benzene rings is 2. The monoisotopic (exact) mass is 276 g/mol. The maximum Gasteiger partial charge on any atom is 0.153 e. The fourth-order valence-electron chi connectivity index (χ4n) is 1.57. The van der Waals surface area contributed by atoms with E-state index in [1.165, 1.54) is 0 Å². The molecule has 0 spiro atoms. The minimum Gasteiger partial charge on any atom is -0.490 e. The van der Waals surface area contributed by atoms with E-state index >= 15 is 0 Å². The Morgan fingerprint density at radius 3 is 2.47 bits per heavy atom. The molecule has 0 aliphatic rings. The van der Waals surface area contributed by atoms with Crippen LogP contribution >= 0.6 is 11.6 Å². The van der Waals surface area contributed by atoms with E-state index in [0.29, 0.717) is 29.5 Å².